The second-order valence-corrected chi connectivity index (χ2v) is 8.15. The SMILES string of the molecule is CCOC(=O)Cc1csc(NC(=O)C2CN(c3cc(-n4nc(C)cc4C)ncn3)C2)n1. The number of nitrogens with one attached hydrogen (secondary N) is 1. The molecule has 10 nitrogen and oxygen atoms in total. The zero-order valence-corrected chi connectivity index (χ0v) is 18.3. The number of esters is 1. The summed E-state index contributed by atoms with van der Waals surface area (Å²) in [6, 6.07) is 3.86. The first-order valence-electron chi connectivity index (χ1n) is 9.94. The van der Waals surface area contributed by atoms with Crippen molar-refractivity contribution in [3.63, 3.8) is 0 Å². The molecular formula is C20H23N7O3S. The Bertz CT molecular complexity index is 1100. The molecule has 1 N–H and O–H groups in total. The first-order chi connectivity index (χ1) is 14.9. The van der Waals surface area contributed by atoms with Gasteiger partial charge in [-0.05, 0) is 26.8 Å². The number of hydrogen-bond acceptors (Lipinski definition) is 9. The van der Waals surface area contributed by atoms with Crippen molar-refractivity contribution < 1.29 is 14.3 Å². The van der Waals surface area contributed by atoms with Crippen LogP contribution in [0.25, 0.3) is 5.82 Å². The van der Waals surface area contributed by atoms with E-state index in [2.05, 4.69) is 25.4 Å². The van der Waals surface area contributed by atoms with E-state index in [0.29, 0.717) is 36.3 Å². The summed E-state index contributed by atoms with van der Waals surface area (Å²) >= 11 is 1.30. The van der Waals surface area contributed by atoms with Gasteiger partial charge in [-0.25, -0.2) is 19.6 Å². The maximum atomic E-state index is 12.5. The van der Waals surface area contributed by atoms with Crippen LogP contribution in [0.15, 0.2) is 23.8 Å². The summed E-state index contributed by atoms with van der Waals surface area (Å²) in [7, 11) is 0. The fraction of sp³-hybridized carbons (Fsp3) is 0.400. The van der Waals surface area contributed by atoms with Crippen LogP contribution in [0.5, 0.6) is 0 Å². The van der Waals surface area contributed by atoms with Gasteiger partial charge < -0.3 is 15.0 Å². The van der Waals surface area contributed by atoms with Gasteiger partial charge in [0.15, 0.2) is 10.9 Å². The molecule has 4 rings (SSSR count). The van der Waals surface area contributed by atoms with Gasteiger partial charge >= 0.3 is 5.97 Å². The molecule has 0 aromatic carbocycles. The van der Waals surface area contributed by atoms with E-state index in [0.717, 1.165) is 17.2 Å². The smallest absolute Gasteiger partial charge is 0.311 e. The molecule has 0 radical (unpaired) electrons. The van der Waals surface area contributed by atoms with Crippen molar-refractivity contribution >= 4 is 34.2 Å². The zero-order valence-electron chi connectivity index (χ0n) is 17.5. The average Bonchev–Trinajstić information content (AvgIpc) is 3.26. The molecule has 3 aromatic heterocycles. The molecule has 4 heterocycles. The molecule has 3 aromatic rings. The molecule has 11 heteroatoms. The standard InChI is InChI=1S/C20H23N7O3S/c1-4-30-18(28)6-15-10-31-20(23-15)24-19(29)14-8-26(9-14)16-7-17(22-11-21-16)27-13(3)5-12(2)25-27/h5,7,10-11,14H,4,6,8-9H2,1-3H3,(H,23,24,29). The normalized spacial score (nSPS) is 13.7. The van der Waals surface area contributed by atoms with E-state index >= 15 is 0 Å². The molecule has 0 aliphatic carbocycles. The first kappa shape index (κ1) is 20.9. The van der Waals surface area contributed by atoms with Crippen LogP contribution in [0, 0.1) is 19.8 Å². The minimum Gasteiger partial charge on any atom is -0.466 e. The minimum absolute atomic E-state index is 0.0962. The maximum absolute atomic E-state index is 12.5. The number of hydrogen-bond donors (Lipinski definition) is 1. The van der Waals surface area contributed by atoms with Gasteiger partial charge in [0.05, 0.1) is 30.3 Å². The summed E-state index contributed by atoms with van der Waals surface area (Å²) < 4.78 is 6.69. The molecular weight excluding hydrogens is 418 g/mol. The van der Waals surface area contributed by atoms with E-state index in [1.165, 1.54) is 17.7 Å². The van der Waals surface area contributed by atoms with E-state index in [1.807, 2.05) is 30.9 Å². The van der Waals surface area contributed by atoms with Crippen LogP contribution in [0.3, 0.4) is 0 Å². The van der Waals surface area contributed by atoms with Crippen molar-refractivity contribution in [1.82, 2.24) is 24.7 Å². The van der Waals surface area contributed by atoms with Gasteiger partial charge in [0.2, 0.25) is 5.91 Å². The molecule has 0 saturated carbocycles. The van der Waals surface area contributed by atoms with Crippen LogP contribution in [-0.2, 0) is 20.7 Å². The average molecular weight is 442 g/mol. The van der Waals surface area contributed by atoms with Crippen LogP contribution in [-0.4, -0.2) is 56.3 Å². The highest BCUT2D eigenvalue weighted by atomic mass is 32.1. The van der Waals surface area contributed by atoms with Crippen LogP contribution in [0.1, 0.15) is 24.0 Å². The van der Waals surface area contributed by atoms with Crippen molar-refractivity contribution in [2.75, 3.05) is 29.9 Å². The summed E-state index contributed by atoms with van der Waals surface area (Å²) in [4.78, 5) is 39.0. The van der Waals surface area contributed by atoms with Crippen molar-refractivity contribution in [2.24, 2.45) is 5.92 Å². The summed E-state index contributed by atoms with van der Waals surface area (Å²) in [5, 5.41) is 9.52. The second-order valence-electron chi connectivity index (χ2n) is 7.29. The Kier molecular flexibility index (Phi) is 5.94. The Labute approximate surface area is 183 Å². The monoisotopic (exact) mass is 441 g/mol. The minimum atomic E-state index is -0.329. The summed E-state index contributed by atoms with van der Waals surface area (Å²) in [6.45, 7) is 7.11. The van der Waals surface area contributed by atoms with E-state index < -0.39 is 0 Å². The van der Waals surface area contributed by atoms with Gasteiger partial charge in [0.1, 0.15) is 12.1 Å². The fourth-order valence-corrected chi connectivity index (χ4v) is 4.04. The van der Waals surface area contributed by atoms with E-state index in [-0.39, 0.29) is 24.2 Å². The topological polar surface area (TPSA) is 115 Å². The predicted octanol–water partition coefficient (Wildman–Crippen LogP) is 1.92. The molecule has 1 fully saturated rings. The van der Waals surface area contributed by atoms with Crippen molar-refractivity contribution in [3.8, 4) is 5.82 Å². The summed E-state index contributed by atoms with van der Waals surface area (Å²) in [6.07, 6.45) is 1.61. The third kappa shape index (κ3) is 4.71. The molecule has 31 heavy (non-hydrogen) atoms. The lowest BCUT2D eigenvalue weighted by atomic mass is 9.99. The molecule has 0 unspecified atom stereocenters. The molecule has 0 bridgehead atoms. The Balaban J connectivity index is 1.33. The molecule has 1 aliphatic rings. The highest BCUT2D eigenvalue weighted by molar-refractivity contribution is 7.13. The number of amides is 1. The van der Waals surface area contributed by atoms with Gasteiger partial charge in [0.25, 0.3) is 0 Å². The number of rotatable bonds is 7. The highest BCUT2D eigenvalue weighted by Crippen LogP contribution is 2.26. The van der Waals surface area contributed by atoms with E-state index in [1.54, 1.807) is 17.0 Å². The van der Waals surface area contributed by atoms with Crippen LogP contribution in [0.4, 0.5) is 10.9 Å². The van der Waals surface area contributed by atoms with Crippen molar-refractivity contribution in [2.45, 2.75) is 27.2 Å². The Hall–Kier alpha value is -3.34. The van der Waals surface area contributed by atoms with E-state index in [4.69, 9.17) is 4.74 Å². The molecule has 162 valence electrons. The van der Waals surface area contributed by atoms with E-state index in [9.17, 15) is 9.59 Å². The lowest BCUT2D eigenvalue weighted by molar-refractivity contribution is -0.142. The van der Waals surface area contributed by atoms with Crippen LogP contribution >= 0.6 is 11.3 Å². The number of aryl methyl sites for hydroxylation is 2. The summed E-state index contributed by atoms with van der Waals surface area (Å²) in [5.74, 6) is 0.864. The van der Waals surface area contributed by atoms with Gasteiger partial charge in [-0.2, -0.15) is 5.10 Å². The highest BCUT2D eigenvalue weighted by Gasteiger charge is 2.34. The quantitative estimate of drug-likeness (QED) is 0.553. The Morgan fingerprint density at radius 1 is 1.23 bits per heavy atom. The molecule has 1 amide bonds. The molecule has 0 spiro atoms. The predicted molar refractivity (Wildman–Crippen MR) is 115 cm³/mol. The van der Waals surface area contributed by atoms with Crippen LogP contribution in [0.2, 0.25) is 0 Å². The summed E-state index contributed by atoms with van der Waals surface area (Å²) in [5.41, 5.74) is 2.51. The number of thiazole rings is 1. The van der Waals surface area contributed by atoms with Gasteiger partial charge in [-0.3, -0.25) is 9.59 Å². The lowest BCUT2D eigenvalue weighted by Gasteiger charge is -2.38. The third-order valence-corrected chi connectivity index (χ3v) is 5.66. The van der Waals surface area contributed by atoms with Gasteiger partial charge in [-0.15, -0.1) is 11.3 Å². The van der Waals surface area contributed by atoms with Crippen molar-refractivity contribution in [3.05, 3.63) is 40.9 Å². The van der Waals surface area contributed by atoms with Crippen molar-refractivity contribution in [1.29, 1.82) is 0 Å². The van der Waals surface area contributed by atoms with Gasteiger partial charge in [0, 0.05) is 30.2 Å². The number of nitrogens with zero attached hydrogens (tertiary/aromatic N) is 6. The lowest BCUT2D eigenvalue weighted by Crippen LogP contribution is -2.52. The van der Waals surface area contributed by atoms with Crippen LogP contribution < -0.4 is 10.2 Å². The Morgan fingerprint density at radius 3 is 2.71 bits per heavy atom. The molecule has 1 saturated heterocycles. The first-order valence-corrected chi connectivity index (χ1v) is 10.8. The molecule has 1 aliphatic heterocycles. The number of anilines is 2. The Morgan fingerprint density at radius 2 is 2.00 bits per heavy atom. The van der Waals surface area contributed by atoms with Gasteiger partial charge in [-0.1, -0.05) is 0 Å². The third-order valence-electron chi connectivity index (χ3n) is 4.85. The number of carbonyl (C=O) groups is 2. The largest absolute Gasteiger partial charge is 0.466 e. The second kappa shape index (κ2) is 8.80. The fourth-order valence-electron chi connectivity index (χ4n) is 3.33. The number of carbonyl (C=O) groups excluding carboxylic acids is 2. The number of aromatic nitrogens is 5. The zero-order chi connectivity index (χ0) is 22.0. The molecule has 0 atom stereocenters. The number of ether oxygens (including phenoxy) is 1. The maximum Gasteiger partial charge on any atom is 0.311 e.